The fraction of sp³-hybridized carbons (Fsp3) is 0.705. The number of aliphatic hydroxyl groups is 2. The van der Waals surface area contributed by atoms with Crippen molar-refractivity contribution in [2.24, 2.45) is 0 Å². The zero-order valence-corrected chi connectivity index (χ0v) is 45.6. The van der Waals surface area contributed by atoms with Gasteiger partial charge in [-0.25, -0.2) is 4.79 Å². The first-order chi connectivity index (χ1) is 35.6. The van der Waals surface area contributed by atoms with E-state index in [1.165, 1.54) is 70.6 Å². The maximum absolute atomic E-state index is 13.1. The Bertz CT molecular complexity index is 1590. The highest BCUT2D eigenvalue weighted by atomic mass is 16.7. The maximum atomic E-state index is 13.1. The predicted octanol–water partition coefficient (Wildman–Crippen LogP) is 14.3. The Morgan fingerprint density at radius 1 is 0.466 bits per heavy atom. The van der Waals surface area contributed by atoms with Gasteiger partial charge in [0.15, 0.2) is 24.6 Å². The SMILES string of the molecule is CC/C=C\C/C=C\C/C=C\C/C=C\C/C=C\C/C=C\CCC(=O)OC1C(OCC(COC(=O)CCCCCCCCCCCCCCC)OC(=O)CCCCCCC/C=C\CCCC)OC(C(=O)O)C(O)C1O. The molecule has 0 spiro atoms. The van der Waals surface area contributed by atoms with Crippen molar-refractivity contribution in [3.63, 3.8) is 0 Å². The van der Waals surface area contributed by atoms with Crippen LogP contribution in [-0.2, 0) is 42.9 Å². The lowest BCUT2D eigenvalue weighted by Crippen LogP contribution is -2.61. The predicted molar refractivity (Wildman–Crippen MR) is 294 cm³/mol. The van der Waals surface area contributed by atoms with Crippen LogP contribution in [0.15, 0.2) is 85.1 Å². The summed E-state index contributed by atoms with van der Waals surface area (Å²) < 4.78 is 28.3. The van der Waals surface area contributed by atoms with E-state index in [1.54, 1.807) is 0 Å². The lowest BCUT2D eigenvalue weighted by atomic mass is 9.98. The number of esters is 3. The number of ether oxygens (including phenoxy) is 5. The molecule has 416 valence electrons. The monoisotopic (exact) mass is 1020 g/mol. The van der Waals surface area contributed by atoms with E-state index in [1.807, 2.05) is 18.2 Å². The third kappa shape index (κ3) is 39.0. The second-order valence-corrected chi connectivity index (χ2v) is 19.2. The van der Waals surface area contributed by atoms with Crippen molar-refractivity contribution in [3.8, 4) is 0 Å². The van der Waals surface area contributed by atoms with E-state index in [-0.39, 0.29) is 25.9 Å². The average Bonchev–Trinajstić information content (AvgIpc) is 3.37. The Kier molecular flexibility index (Phi) is 44.7. The number of rotatable bonds is 47. The summed E-state index contributed by atoms with van der Waals surface area (Å²) in [7, 11) is 0. The Morgan fingerprint density at radius 3 is 1.41 bits per heavy atom. The second kappa shape index (κ2) is 48.8. The standard InChI is InChI=1S/C61H100O12/c1-4-7-10-13-16-19-22-24-25-26-27-28-29-31-34-37-40-43-46-49-55(64)72-59-57(66)56(65)58(60(67)68)73-61(59)70-51-52(71-54(63)48-45-42-39-36-32-21-18-15-12-9-6-3)50-69-53(62)47-44-41-38-35-33-30-23-20-17-14-11-8-5-2/h7,10,15-16,18-19,24-25,27-28,31,34,40,43,52,56-59,61,65-66H,4-6,8-9,11-14,17,20-23,26,29-30,32-33,35-39,41-42,44-51H2,1-3H3,(H,67,68)/b10-7-,18-15-,19-16-,25-24-,28-27-,34-31-,43-40-. The fourth-order valence-corrected chi connectivity index (χ4v) is 8.08. The van der Waals surface area contributed by atoms with Crippen LogP contribution in [0.2, 0.25) is 0 Å². The van der Waals surface area contributed by atoms with Gasteiger partial charge < -0.3 is 39.0 Å². The number of carboxylic acids is 1. The molecular weight excluding hydrogens is 925 g/mol. The summed E-state index contributed by atoms with van der Waals surface area (Å²) in [5, 5.41) is 31.4. The first-order valence-electron chi connectivity index (χ1n) is 28.6. The van der Waals surface area contributed by atoms with Gasteiger partial charge in [0, 0.05) is 19.3 Å². The van der Waals surface area contributed by atoms with Crippen molar-refractivity contribution >= 4 is 23.9 Å². The summed E-state index contributed by atoms with van der Waals surface area (Å²) in [6.45, 7) is 5.79. The van der Waals surface area contributed by atoms with Gasteiger partial charge >= 0.3 is 23.9 Å². The van der Waals surface area contributed by atoms with Gasteiger partial charge in [0.2, 0.25) is 0 Å². The zero-order chi connectivity index (χ0) is 53.3. The van der Waals surface area contributed by atoms with Crippen molar-refractivity contribution in [1.29, 1.82) is 0 Å². The minimum absolute atomic E-state index is 0.0674. The molecule has 1 heterocycles. The van der Waals surface area contributed by atoms with Crippen LogP contribution in [-0.4, -0.2) is 89.2 Å². The summed E-state index contributed by atoms with van der Waals surface area (Å²) in [5.74, 6) is -3.24. The number of hydrogen-bond acceptors (Lipinski definition) is 11. The molecule has 1 fully saturated rings. The molecule has 1 aliphatic rings. The molecule has 6 unspecified atom stereocenters. The minimum atomic E-state index is -1.93. The fourth-order valence-electron chi connectivity index (χ4n) is 8.08. The Morgan fingerprint density at radius 2 is 0.904 bits per heavy atom. The maximum Gasteiger partial charge on any atom is 0.335 e. The molecule has 1 saturated heterocycles. The summed E-state index contributed by atoms with van der Waals surface area (Å²) in [4.78, 5) is 50.9. The average molecular weight is 1030 g/mol. The highest BCUT2D eigenvalue weighted by molar-refractivity contribution is 5.74. The van der Waals surface area contributed by atoms with Gasteiger partial charge in [-0.2, -0.15) is 0 Å². The van der Waals surface area contributed by atoms with E-state index < -0.39 is 67.3 Å². The Balaban J connectivity index is 2.73. The van der Waals surface area contributed by atoms with Gasteiger partial charge in [0.1, 0.15) is 18.8 Å². The van der Waals surface area contributed by atoms with E-state index in [2.05, 4.69) is 87.6 Å². The van der Waals surface area contributed by atoms with Gasteiger partial charge in [-0.1, -0.05) is 215 Å². The number of unbranched alkanes of at least 4 members (excludes halogenated alkanes) is 19. The van der Waals surface area contributed by atoms with E-state index in [4.69, 9.17) is 23.7 Å². The molecule has 1 rings (SSSR count). The molecule has 12 heteroatoms. The molecule has 0 aliphatic carbocycles. The van der Waals surface area contributed by atoms with Gasteiger partial charge in [-0.3, -0.25) is 14.4 Å². The molecule has 6 atom stereocenters. The van der Waals surface area contributed by atoms with E-state index in [9.17, 15) is 34.5 Å². The summed E-state index contributed by atoms with van der Waals surface area (Å²) in [5.41, 5.74) is 0. The minimum Gasteiger partial charge on any atom is -0.479 e. The third-order valence-electron chi connectivity index (χ3n) is 12.5. The molecule has 0 bridgehead atoms. The van der Waals surface area contributed by atoms with E-state index in [0.717, 1.165) is 89.9 Å². The highest BCUT2D eigenvalue weighted by Gasteiger charge is 2.50. The Labute approximate surface area is 441 Å². The highest BCUT2D eigenvalue weighted by Crippen LogP contribution is 2.26. The number of carbonyl (C=O) groups excluding carboxylic acids is 3. The van der Waals surface area contributed by atoms with Crippen LogP contribution >= 0.6 is 0 Å². The number of hydrogen-bond donors (Lipinski definition) is 3. The van der Waals surface area contributed by atoms with Crippen molar-refractivity contribution in [1.82, 2.24) is 0 Å². The quantitative estimate of drug-likeness (QED) is 0.0228. The molecule has 12 nitrogen and oxygen atoms in total. The summed E-state index contributed by atoms with van der Waals surface area (Å²) in [6, 6.07) is 0. The van der Waals surface area contributed by atoms with Crippen LogP contribution < -0.4 is 0 Å². The smallest absolute Gasteiger partial charge is 0.335 e. The van der Waals surface area contributed by atoms with Crippen molar-refractivity contribution in [2.75, 3.05) is 13.2 Å². The molecule has 0 aromatic rings. The van der Waals surface area contributed by atoms with Gasteiger partial charge in [-0.05, 0) is 77.0 Å². The largest absolute Gasteiger partial charge is 0.479 e. The van der Waals surface area contributed by atoms with Crippen LogP contribution in [0.5, 0.6) is 0 Å². The summed E-state index contributed by atoms with van der Waals surface area (Å²) >= 11 is 0. The molecule has 0 aromatic heterocycles. The number of carbonyl (C=O) groups is 4. The molecule has 1 aliphatic heterocycles. The van der Waals surface area contributed by atoms with Crippen LogP contribution in [0.25, 0.3) is 0 Å². The Hall–Kier alpha value is -4.10. The van der Waals surface area contributed by atoms with Gasteiger partial charge in [0.05, 0.1) is 6.61 Å². The summed E-state index contributed by atoms with van der Waals surface area (Å²) in [6.07, 6.45) is 50.0. The van der Waals surface area contributed by atoms with Gasteiger partial charge in [0.25, 0.3) is 0 Å². The van der Waals surface area contributed by atoms with Crippen LogP contribution in [0, 0.1) is 0 Å². The molecular formula is C61H100O12. The topological polar surface area (TPSA) is 175 Å². The van der Waals surface area contributed by atoms with Crippen LogP contribution in [0.3, 0.4) is 0 Å². The molecule has 73 heavy (non-hydrogen) atoms. The molecule has 0 radical (unpaired) electrons. The van der Waals surface area contributed by atoms with Crippen LogP contribution in [0.4, 0.5) is 0 Å². The first kappa shape index (κ1) is 66.9. The van der Waals surface area contributed by atoms with Crippen molar-refractivity contribution < 1.29 is 58.2 Å². The number of aliphatic hydroxyl groups excluding tert-OH is 2. The lowest BCUT2D eigenvalue weighted by Gasteiger charge is -2.40. The number of carboxylic acid groups (broad SMARTS) is 1. The third-order valence-corrected chi connectivity index (χ3v) is 12.5. The number of aliphatic carboxylic acids is 1. The van der Waals surface area contributed by atoms with E-state index >= 15 is 0 Å². The molecule has 0 saturated carbocycles. The normalized spacial score (nSPS) is 18.9. The van der Waals surface area contributed by atoms with E-state index in [0.29, 0.717) is 25.7 Å². The van der Waals surface area contributed by atoms with Crippen molar-refractivity contribution in [2.45, 2.75) is 263 Å². The number of allylic oxidation sites excluding steroid dienone is 14. The zero-order valence-electron chi connectivity index (χ0n) is 45.6. The first-order valence-corrected chi connectivity index (χ1v) is 28.6. The molecule has 0 amide bonds. The van der Waals surface area contributed by atoms with Crippen molar-refractivity contribution in [3.05, 3.63) is 85.1 Å². The molecule has 0 aromatic carbocycles. The lowest BCUT2D eigenvalue weighted by molar-refractivity contribution is -0.301. The second-order valence-electron chi connectivity index (χ2n) is 19.2. The van der Waals surface area contributed by atoms with Gasteiger partial charge in [-0.15, -0.1) is 0 Å². The molecule has 3 N–H and O–H groups in total. The van der Waals surface area contributed by atoms with Crippen LogP contribution in [0.1, 0.15) is 226 Å².